The second-order valence-corrected chi connectivity index (χ2v) is 7.98. The Balaban J connectivity index is 0.000000298. The van der Waals surface area contributed by atoms with E-state index in [0.717, 1.165) is 51.6 Å². The van der Waals surface area contributed by atoms with Gasteiger partial charge in [-0.1, -0.05) is 12.8 Å². The summed E-state index contributed by atoms with van der Waals surface area (Å²) in [6.07, 6.45) is 4.03. The fourth-order valence-corrected chi connectivity index (χ4v) is 4.44. The third kappa shape index (κ3) is 5.71. The summed E-state index contributed by atoms with van der Waals surface area (Å²) in [6, 6.07) is 2.89. The van der Waals surface area contributed by atoms with Gasteiger partial charge in [0.2, 0.25) is 5.91 Å². The monoisotopic (exact) mass is 416 g/mol. The van der Waals surface area contributed by atoms with Gasteiger partial charge in [-0.2, -0.15) is 18.3 Å². The molecule has 1 aromatic rings. The highest BCUT2D eigenvalue weighted by Gasteiger charge is 2.38. The molecule has 1 saturated carbocycles. The number of fused-ring (bicyclic) bond motifs is 1. The first-order valence-corrected chi connectivity index (χ1v) is 10.1. The van der Waals surface area contributed by atoms with Gasteiger partial charge in [0.15, 0.2) is 0 Å². The predicted octanol–water partition coefficient (Wildman–Crippen LogP) is 2.51. The maximum Gasteiger partial charge on any atom is 0.490 e. The van der Waals surface area contributed by atoms with Crippen molar-refractivity contribution >= 4 is 11.9 Å². The van der Waals surface area contributed by atoms with Crippen molar-refractivity contribution in [3.05, 3.63) is 18.0 Å². The molecule has 3 aliphatic rings. The lowest BCUT2D eigenvalue weighted by molar-refractivity contribution is -0.192. The van der Waals surface area contributed by atoms with E-state index >= 15 is 0 Å². The number of carbonyl (C=O) groups excluding carboxylic acids is 1. The molecule has 1 amide bonds. The molecule has 3 heterocycles. The Hall–Kier alpha value is -2.10. The molecule has 1 N–H and O–H groups in total. The number of nitrogens with zero attached hydrogens (tertiary/aromatic N) is 4. The van der Waals surface area contributed by atoms with Crippen molar-refractivity contribution in [1.82, 2.24) is 19.6 Å². The zero-order valence-electron chi connectivity index (χ0n) is 16.3. The van der Waals surface area contributed by atoms with Crippen LogP contribution in [0.4, 0.5) is 13.2 Å². The highest BCUT2D eigenvalue weighted by molar-refractivity contribution is 5.78. The lowest BCUT2D eigenvalue weighted by atomic mass is 10.1. The van der Waals surface area contributed by atoms with Crippen molar-refractivity contribution in [2.24, 2.45) is 5.92 Å². The molecule has 2 aliphatic heterocycles. The topological polar surface area (TPSA) is 78.7 Å². The van der Waals surface area contributed by atoms with Gasteiger partial charge in [0, 0.05) is 57.3 Å². The minimum Gasteiger partial charge on any atom is -0.475 e. The maximum absolute atomic E-state index is 12.0. The molecule has 0 spiro atoms. The third-order valence-corrected chi connectivity index (χ3v) is 5.83. The summed E-state index contributed by atoms with van der Waals surface area (Å²) in [6.45, 7) is 4.94. The number of aliphatic carboxylic acids is 1. The third-order valence-electron chi connectivity index (χ3n) is 5.83. The Kier molecular flexibility index (Phi) is 6.81. The van der Waals surface area contributed by atoms with Gasteiger partial charge < -0.3 is 10.0 Å². The number of hydrogen-bond acceptors (Lipinski definition) is 4. The number of carboxylic acid groups (broad SMARTS) is 1. The molecule has 2 fully saturated rings. The average molecular weight is 416 g/mol. The number of carboxylic acids is 1. The van der Waals surface area contributed by atoms with Gasteiger partial charge in [-0.05, 0) is 25.3 Å². The van der Waals surface area contributed by atoms with Gasteiger partial charge in [-0.15, -0.1) is 0 Å². The summed E-state index contributed by atoms with van der Waals surface area (Å²) in [5, 5.41) is 11.6. The summed E-state index contributed by atoms with van der Waals surface area (Å²) in [4.78, 5) is 25.6. The lowest BCUT2D eigenvalue weighted by Crippen LogP contribution is -2.40. The molecule has 0 radical (unpaired) electrons. The van der Waals surface area contributed by atoms with Crippen molar-refractivity contribution < 1.29 is 27.9 Å². The largest absolute Gasteiger partial charge is 0.490 e. The number of rotatable bonds is 3. The van der Waals surface area contributed by atoms with Gasteiger partial charge in [0.25, 0.3) is 0 Å². The van der Waals surface area contributed by atoms with Crippen molar-refractivity contribution in [2.75, 3.05) is 19.6 Å². The molecule has 4 rings (SSSR count). The quantitative estimate of drug-likeness (QED) is 0.819. The van der Waals surface area contributed by atoms with Crippen molar-refractivity contribution in [2.45, 2.75) is 63.8 Å². The van der Waals surface area contributed by atoms with E-state index in [1.54, 1.807) is 0 Å². The number of likely N-dealkylation sites (tertiary alicyclic amines) is 1. The summed E-state index contributed by atoms with van der Waals surface area (Å²) in [5.74, 6) is -1.91. The molecule has 1 aliphatic carbocycles. The Morgan fingerprint density at radius 1 is 1.21 bits per heavy atom. The van der Waals surface area contributed by atoms with Gasteiger partial charge in [-0.3, -0.25) is 14.4 Å². The van der Waals surface area contributed by atoms with Crippen molar-refractivity contribution in [1.29, 1.82) is 0 Å². The molecule has 1 unspecified atom stereocenters. The minimum absolute atomic E-state index is 0.345. The number of hydrogen-bond donors (Lipinski definition) is 1. The fraction of sp³-hybridized carbons (Fsp3) is 0.737. The molecular formula is C19H27F3N4O3. The smallest absolute Gasteiger partial charge is 0.475 e. The van der Waals surface area contributed by atoms with Crippen LogP contribution in [0.2, 0.25) is 0 Å². The number of carbonyl (C=O) groups is 2. The Bertz CT molecular complexity index is 716. The van der Waals surface area contributed by atoms with Crippen LogP contribution in [0.5, 0.6) is 0 Å². The van der Waals surface area contributed by atoms with E-state index < -0.39 is 12.1 Å². The molecule has 10 heteroatoms. The molecule has 1 atom stereocenters. The molecule has 1 saturated heterocycles. The first-order valence-electron chi connectivity index (χ1n) is 10.1. The number of halogens is 3. The second-order valence-electron chi connectivity index (χ2n) is 7.98. The Labute approximate surface area is 167 Å². The van der Waals surface area contributed by atoms with Crippen molar-refractivity contribution in [3.63, 3.8) is 0 Å². The first kappa shape index (κ1) is 21.6. The lowest BCUT2D eigenvalue weighted by Gasteiger charge is -2.31. The maximum atomic E-state index is 12.0. The van der Waals surface area contributed by atoms with Crippen LogP contribution in [0.1, 0.15) is 44.2 Å². The SMILES string of the molecule is O=C(O)C(F)(F)F.O=C1CCCN1CC1CN(C2CCCC2)Cc2ccnn2C1. The number of alkyl halides is 3. The van der Waals surface area contributed by atoms with E-state index in [1.807, 2.05) is 6.20 Å². The van der Waals surface area contributed by atoms with Crippen LogP contribution < -0.4 is 0 Å². The van der Waals surface area contributed by atoms with Crippen LogP contribution in [0.25, 0.3) is 0 Å². The molecule has 0 bridgehead atoms. The van der Waals surface area contributed by atoms with E-state index in [4.69, 9.17) is 9.90 Å². The van der Waals surface area contributed by atoms with E-state index in [-0.39, 0.29) is 0 Å². The molecule has 162 valence electrons. The summed E-state index contributed by atoms with van der Waals surface area (Å²) < 4.78 is 33.9. The highest BCUT2D eigenvalue weighted by atomic mass is 19.4. The normalized spacial score (nSPS) is 23.5. The van der Waals surface area contributed by atoms with E-state index in [2.05, 4.69) is 25.6 Å². The zero-order valence-corrected chi connectivity index (χ0v) is 16.3. The summed E-state index contributed by atoms with van der Waals surface area (Å²) >= 11 is 0. The van der Waals surface area contributed by atoms with Crippen LogP contribution >= 0.6 is 0 Å². The van der Waals surface area contributed by atoms with Crippen LogP contribution in [0.15, 0.2) is 12.3 Å². The van der Waals surface area contributed by atoms with Crippen LogP contribution in [0.3, 0.4) is 0 Å². The zero-order chi connectivity index (χ0) is 21.0. The Morgan fingerprint density at radius 2 is 1.90 bits per heavy atom. The molecule has 1 aromatic heterocycles. The van der Waals surface area contributed by atoms with Crippen molar-refractivity contribution in [3.8, 4) is 0 Å². The van der Waals surface area contributed by atoms with Gasteiger partial charge in [-0.25, -0.2) is 4.79 Å². The van der Waals surface area contributed by atoms with Crippen LogP contribution in [-0.2, 0) is 22.7 Å². The van der Waals surface area contributed by atoms with E-state index in [1.165, 1.54) is 31.4 Å². The predicted molar refractivity (Wildman–Crippen MR) is 97.9 cm³/mol. The van der Waals surface area contributed by atoms with Gasteiger partial charge in [0.05, 0.1) is 5.69 Å². The number of aromatic nitrogens is 2. The average Bonchev–Trinajstić information content (AvgIpc) is 3.37. The minimum atomic E-state index is -5.08. The fourth-order valence-electron chi connectivity index (χ4n) is 4.44. The van der Waals surface area contributed by atoms with E-state index in [9.17, 15) is 18.0 Å². The second kappa shape index (κ2) is 9.15. The molecule has 29 heavy (non-hydrogen) atoms. The van der Waals surface area contributed by atoms with E-state index in [0.29, 0.717) is 11.8 Å². The van der Waals surface area contributed by atoms with Crippen LogP contribution in [0, 0.1) is 5.92 Å². The summed E-state index contributed by atoms with van der Waals surface area (Å²) in [5.41, 5.74) is 1.34. The Morgan fingerprint density at radius 3 is 2.48 bits per heavy atom. The van der Waals surface area contributed by atoms with Gasteiger partial charge in [0.1, 0.15) is 0 Å². The van der Waals surface area contributed by atoms with Gasteiger partial charge >= 0.3 is 12.1 Å². The number of amides is 1. The molecule has 0 aromatic carbocycles. The van der Waals surface area contributed by atoms with Crippen LogP contribution in [-0.4, -0.2) is 68.4 Å². The first-order chi connectivity index (χ1) is 13.7. The summed E-state index contributed by atoms with van der Waals surface area (Å²) in [7, 11) is 0. The molecule has 7 nitrogen and oxygen atoms in total. The molecular weight excluding hydrogens is 389 g/mol. The highest BCUT2D eigenvalue weighted by Crippen LogP contribution is 2.28. The standard InChI is InChI=1S/C17H26N4O.C2HF3O2/c22-17-6-3-9-19(17)10-14-11-20(15-4-1-2-5-15)13-16-7-8-18-21(16)12-14;3-2(4,5)1(6)7/h7-8,14-15H,1-6,9-13H2;(H,6,7).